The second-order valence-electron chi connectivity index (χ2n) is 3.57. The van der Waals surface area contributed by atoms with Gasteiger partial charge < -0.3 is 14.9 Å². The van der Waals surface area contributed by atoms with Crippen molar-refractivity contribution >= 4 is 5.97 Å². The zero-order valence-corrected chi connectivity index (χ0v) is 9.25. The Kier molecular flexibility index (Phi) is 3.20. The molecule has 0 aromatic carbocycles. The minimum absolute atomic E-state index is 0.0837. The van der Waals surface area contributed by atoms with Crippen LogP contribution in [0.3, 0.4) is 0 Å². The van der Waals surface area contributed by atoms with Crippen LogP contribution >= 0.6 is 0 Å². The van der Waals surface area contributed by atoms with Gasteiger partial charge >= 0.3 is 5.97 Å². The molecular weight excluding hydrogens is 224 g/mol. The lowest BCUT2D eigenvalue weighted by atomic mass is 10.3. The molecule has 0 radical (unpaired) electrons. The van der Waals surface area contributed by atoms with Crippen molar-refractivity contribution in [1.82, 2.24) is 20.3 Å². The van der Waals surface area contributed by atoms with E-state index in [2.05, 4.69) is 15.6 Å². The highest BCUT2D eigenvalue weighted by atomic mass is 16.5. The zero-order valence-electron chi connectivity index (χ0n) is 9.25. The van der Waals surface area contributed by atoms with Crippen molar-refractivity contribution in [2.45, 2.75) is 13.1 Å². The monoisotopic (exact) mass is 236 g/mol. The van der Waals surface area contributed by atoms with Crippen LogP contribution in [0.2, 0.25) is 0 Å². The van der Waals surface area contributed by atoms with Gasteiger partial charge in [-0.05, 0) is 6.07 Å². The van der Waals surface area contributed by atoms with E-state index in [1.165, 1.54) is 6.07 Å². The predicted molar refractivity (Wildman–Crippen MR) is 57.2 cm³/mol. The van der Waals surface area contributed by atoms with Crippen molar-refractivity contribution in [3.63, 3.8) is 0 Å². The number of carboxylic acids is 1. The van der Waals surface area contributed by atoms with E-state index in [0.717, 1.165) is 5.69 Å². The van der Waals surface area contributed by atoms with E-state index < -0.39 is 5.97 Å². The number of hydrogen-bond acceptors (Lipinski definition) is 5. The molecular formula is C10H12N4O3. The number of nitrogens with zero attached hydrogens (tertiary/aromatic N) is 3. The first kappa shape index (κ1) is 11.3. The van der Waals surface area contributed by atoms with Crippen molar-refractivity contribution in [2.24, 2.45) is 7.05 Å². The molecule has 0 aliphatic carbocycles. The number of aryl methyl sites for hydroxylation is 1. The van der Waals surface area contributed by atoms with Crippen molar-refractivity contribution in [3.05, 3.63) is 35.5 Å². The molecule has 0 aliphatic rings. The van der Waals surface area contributed by atoms with E-state index in [9.17, 15) is 4.79 Å². The summed E-state index contributed by atoms with van der Waals surface area (Å²) in [6.45, 7) is 1.00. The van der Waals surface area contributed by atoms with Gasteiger partial charge in [0.05, 0.1) is 12.2 Å². The summed E-state index contributed by atoms with van der Waals surface area (Å²) >= 11 is 0. The second-order valence-corrected chi connectivity index (χ2v) is 3.57. The van der Waals surface area contributed by atoms with Gasteiger partial charge in [-0.3, -0.25) is 4.68 Å². The Morgan fingerprint density at radius 2 is 2.41 bits per heavy atom. The molecule has 7 nitrogen and oxygen atoms in total. The number of carboxylic acid groups (broad SMARTS) is 1. The van der Waals surface area contributed by atoms with Crippen LogP contribution in [0.1, 0.15) is 21.9 Å². The van der Waals surface area contributed by atoms with E-state index in [1.54, 1.807) is 4.68 Å². The molecule has 0 atom stereocenters. The molecule has 90 valence electrons. The summed E-state index contributed by atoms with van der Waals surface area (Å²) in [5.41, 5.74) is 0.824. The van der Waals surface area contributed by atoms with Gasteiger partial charge in [0.2, 0.25) is 0 Å². The lowest BCUT2D eigenvalue weighted by Crippen LogP contribution is -2.12. The summed E-state index contributed by atoms with van der Waals surface area (Å²) in [6, 6.07) is 3.30. The van der Waals surface area contributed by atoms with Crippen LogP contribution in [0.4, 0.5) is 0 Å². The standard InChI is InChI=1S/C10H12N4O3/c1-14-3-2-7(12-14)5-11-6-8-4-9(10(15)16)13-17-8/h2-4,11H,5-6H2,1H3,(H,15,16). The van der Waals surface area contributed by atoms with Crippen molar-refractivity contribution in [3.8, 4) is 0 Å². The van der Waals surface area contributed by atoms with Crippen molar-refractivity contribution < 1.29 is 14.4 Å². The lowest BCUT2D eigenvalue weighted by molar-refractivity contribution is 0.0685. The molecule has 0 spiro atoms. The van der Waals surface area contributed by atoms with Crippen LogP contribution in [0.5, 0.6) is 0 Å². The summed E-state index contributed by atoms with van der Waals surface area (Å²) < 4.78 is 6.57. The van der Waals surface area contributed by atoms with Gasteiger partial charge in [-0.15, -0.1) is 0 Å². The maximum absolute atomic E-state index is 10.6. The van der Waals surface area contributed by atoms with Crippen LogP contribution in [-0.2, 0) is 20.1 Å². The average molecular weight is 236 g/mol. The average Bonchev–Trinajstić information content (AvgIpc) is 2.88. The van der Waals surface area contributed by atoms with E-state index in [4.69, 9.17) is 9.63 Å². The normalized spacial score (nSPS) is 10.6. The molecule has 2 aromatic heterocycles. The van der Waals surface area contributed by atoms with E-state index in [0.29, 0.717) is 18.8 Å². The first-order valence-corrected chi connectivity index (χ1v) is 5.03. The largest absolute Gasteiger partial charge is 0.476 e. The van der Waals surface area contributed by atoms with Crippen LogP contribution in [0, 0.1) is 0 Å². The van der Waals surface area contributed by atoms with Crippen LogP contribution in [0.25, 0.3) is 0 Å². The van der Waals surface area contributed by atoms with Gasteiger partial charge in [-0.25, -0.2) is 4.79 Å². The Bertz CT molecular complexity index is 517. The van der Waals surface area contributed by atoms with E-state index >= 15 is 0 Å². The highest BCUT2D eigenvalue weighted by molar-refractivity contribution is 5.85. The third-order valence-corrected chi connectivity index (χ3v) is 2.15. The zero-order chi connectivity index (χ0) is 12.3. The summed E-state index contributed by atoms with van der Waals surface area (Å²) in [4.78, 5) is 10.6. The molecule has 0 saturated carbocycles. The number of carbonyl (C=O) groups is 1. The Balaban J connectivity index is 1.83. The van der Waals surface area contributed by atoms with Gasteiger partial charge in [0, 0.05) is 25.9 Å². The topological polar surface area (TPSA) is 93.2 Å². The summed E-state index contributed by atoms with van der Waals surface area (Å²) in [6.07, 6.45) is 1.86. The third kappa shape index (κ3) is 2.91. The fraction of sp³-hybridized carbons (Fsp3) is 0.300. The van der Waals surface area contributed by atoms with Crippen LogP contribution in [0.15, 0.2) is 22.9 Å². The predicted octanol–water partition coefficient (Wildman–Crippen LogP) is 0.396. The third-order valence-electron chi connectivity index (χ3n) is 2.15. The summed E-state index contributed by atoms with van der Waals surface area (Å²) in [7, 11) is 1.85. The van der Waals surface area contributed by atoms with Gasteiger partial charge in [-0.2, -0.15) is 5.10 Å². The molecule has 0 amide bonds. The van der Waals surface area contributed by atoms with Crippen molar-refractivity contribution in [2.75, 3.05) is 0 Å². The Hall–Kier alpha value is -2.15. The maximum atomic E-state index is 10.6. The second kappa shape index (κ2) is 4.79. The van der Waals surface area contributed by atoms with Gasteiger partial charge in [0.15, 0.2) is 11.5 Å². The molecule has 0 fully saturated rings. The number of rotatable bonds is 5. The quantitative estimate of drug-likeness (QED) is 0.780. The molecule has 2 N–H and O–H groups in total. The molecule has 17 heavy (non-hydrogen) atoms. The Morgan fingerprint density at radius 3 is 3.00 bits per heavy atom. The van der Waals surface area contributed by atoms with Crippen molar-refractivity contribution in [1.29, 1.82) is 0 Å². The minimum Gasteiger partial charge on any atom is -0.476 e. The molecule has 0 unspecified atom stereocenters. The fourth-order valence-electron chi connectivity index (χ4n) is 1.37. The number of hydrogen-bond donors (Lipinski definition) is 2. The van der Waals surface area contributed by atoms with Gasteiger partial charge in [-0.1, -0.05) is 5.16 Å². The number of nitrogens with one attached hydrogen (secondary N) is 1. The lowest BCUT2D eigenvalue weighted by Gasteiger charge is -1.97. The molecule has 2 rings (SSSR count). The summed E-state index contributed by atoms with van der Waals surface area (Å²) in [5, 5.41) is 19.3. The highest BCUT2D eigenvalue weighted by Crippen LogP contribution is 2.03. The van der Waals surface area contributed by atoms with Crippen LogP contribution < -0.4 is 5.32 Å². The highest BCUT2D eigenvalue weighted by Gasteiger charge is 2.10. The SMILES string of the molecule is Cn1ccc(CNCc2cc(C(=O)O)no2)n1. The molecule has 0 bridgehead atoms. The van der Waals surface area contributed by atoms with E-state index in [-0.39, 0.29) is 5.69 Å². The number of aromatic nitrogens is 3. The first-order valence-electron chi connectivity index (χ1n) is 5.03. The van der Waals surface area contributed by atoms with Gasteiger partial charge in [0.1, 0.15) is 0 Å². The minimum atomic E-state index is -1.09. The Morgan fingerprint density at radius 1 is 1.59 bits per heavy atom. The Labute approximate surface area is 97.0 Å². The smallest absolute Gasteiger partial charge is 0.358 e. The molecule has 7 heteroatoms. The molecule has 0 saturated heterocycles. The van der Waals surface area contributed by atoms with Crippen LogP contribution in [-0.4, -0.2) is 26.0 Å². The number of aromatic carboxylic acids is 1. The maximum Gasteiger partial charge on any atom is 0.358 e. The first-order chi connectivity index (χ1) is 8.15. The molecule has 2 aromatic rings. The molecule has 2 heterocycles. The fourth-order valence-corrected chi connectivity index (χ4v) is 1.37. The van der Waals surface area contributed by atoms with E-state index in [1.807, 2.05) is 19.3 Å². The summed E-state index contributed by atoms with van der Waals surface area (Å²) in [5.74, 6) is -0.608. The van der Waals surface area contributed by atoms with Gasteiger partial charge in [0.25, 0.3) is 0 Å². The molecule has 0 aliphatic heterocycles.